The molecule has 2 aromatic heterocycles. The first-order valence-corrected chi connectivity index (χ1v) is 10.3. The van der Waals surface area contributed by atoms with Gasteiger partial charge in [-0.25, -0.2) is 4.68 Å². The van der Waals surface area contributed by atoms with Gasteiger partial charge in [-0.15, -0.1) is 0 Å². The molecular formula is C22H23ClN4O3. The van der Waals surface area contributed by atoms with Crippen molar-refractivity contribution in [3.8, 4) is 5.69 Å². The Hall–Kier alpha value is -3.06. The topological polar surface area (TPSA) is 80.4 Å². The van der Waals surface area contributed by atoms with E-state index >= 15 is 0 Å². The summed E-state index contributed by atoms with van der Waals surface area (Å²) in [6.07, 6.45) is 2.91. The molecule has 8 heteroatoms. The van der Waals surface area contributed by atoms with Crippen LogP contribution in [0, 0.1) is 13.8 Å². The van der Waals surface area contributed by atoms with Crippen LogP contribution in [0.5, 0.6) is 0 Å². The van der Waals surface area contributed by atoms with Crippen molar-refractivity contribution in [1.29, 1.82) is 0 Å². The Morgan fingerprint density at radius 1 is 1.13 bits per heavy atom. The first kappa shape index (κ1) is 20.2. The maximum Gasteiger partial charge on any atom is 0.289 e. The molecule has 7 nitrogen and oxygen atoms in total. The molecule has 0 radical (unpaired) electrons. The van der Waals surface area contributed by atoms with Crippen LogP contribution in [0.2, 0.25) is 5.02 Å². The van der Waals surface area contributed by atoms with Crippen LogP contribution < -0.4 is 5.32 Å². The van der Waals surface area contributed by atoms with Crippen molar-refractivity contribution in [3.05, 3.63) is 70.4 Å². The fraction of sp³-hybridized carbons (Fsp3) is 0.318. The molecule has 1 saturated heterocycles. The molecule has 0 atom stereocenters. The predicted molar refractivity (Wildman–Crippen MR) is 113 cm³/mol. The molecule has 1 aromatic carbocycles. The molecule has 3 heterocycles. The van der Waals surface area contributed by atoms with E-state index in [0.29, 0.717) is 42.3 Å². The number of likely N-dealkylation sites (tertiary alicyclic amines) is 1. The van der Waals surface area contributed by atoms with Gasteiger partial charge in [-0.05, 0) is 63.1 Å². The zero-order valence-electron chi connectivity index (χ0n) is 16.9. The van der Waals surface area contributed by atoms with E-state index in [2.05, 4.69) is 10.4 Å². The number of amides is 2. The zero-order chi connectivity index (χ0) is 21.3. The van der Waals surface area contributed by atoms with Crippen LogP contribution in [-0.4, -0.2) is 45.6 Å². The van der Waals surface area contributed by atoms with Crippen LogP contribution in [0.25, 0.3) is 5.69 Å². The van der Waals surface area contributed by atoms with Gasteiger partial charge in [0, 0.05) is 24.7 Å². The SMILES string of the molecule is Cc1nn(-c2ccc(C(=O)NC3CCN(C(=O)c4ccco4)CC3)cc2)c(C)c1Cl. The largest absolute Gasteiger partial charge is 0.459 e. The molecule has 0 unspecified atom stereocenters. The highest BCUT2D eigenvalue weighted by Crippen LogP contribution is 2.22. The third-order valence-corrected chi connectivity index (χ3v) is 5.97. The number of aryl methyl sites for hydroxylation is 1. The lowest BCUT2D eigenvalue weighted by Gasteiger charge is -2.31. The third-order valence-electron chi connectivity index (χ3n) is 5.43. The van der Waals surface area contributed by atoms with Gasteiger partial charge in [0.25, 0.3) is 11.8 Å². The van der Waals surface area contributed by atoms with E-state index < -0.39 is 0 Å². The van der Waals surface area contributed by atoms with E-state index in [1.165, 1.54) is 6.26 Å². The number of carbonyl (C=O) groups is 2. The summed E-state index contributed by atoms with van der Waals surface area (Å²) >= 11 is 6.22. The number of piperidine rings is 1. The van der Waals surface area contributed by atoms with Gasteiger partial charge in [0.1, 0.15) is 0 Å². The molecule has 0 saturated carbocycles. The van der Waals surface area contributed by atoms with E-state index in [1.54, 1.807) is 33.8 Å². The number of nitrogens with one attached hydrogen (secondary N) is 1. The van der Waals surface area contributed by atoms with Crippen LogP contribution in [0.3, 0.4) is 0 Å². The predicted octanol–water partition coefficient (Wildman–Crippen LogP) is 3.77. The van der Waals surface area contributed by atoms with Crippen LogP contribution in [0.4, 0.5) is 0 Å². The van der Waals surface area contributed by atoms with Crippen molar-refractivity contribution in [2.75, 3.05) is 13.1 Å². The van der Waals surface area contributed by atoms with Crippen molar-refractivity contribution >= 4 is 23.4 Å². The normalized spacial score (nSPS) is 14.7. The quantitative estimate of drug-likeness (QED) is 0.688. The Bertz CT molecular complexity index is 1050. The minimum atomic E-state index is -0.122. The molecule has 156 valence electrons. The standard InChI is InChI=1S/C22H23ClN4O3/c1-14-20(23)15(2)27(25-14)18-7-5-16(6-8-18)21(28)24-17-9-11-26(12-10-17)22(29)19-4-3-13-30-19/h3-8,13,17H,9-12H2,1-2H3,(H,24,28). The fourth-order valence-electron chi connectivity index (χ4n) is 3.68. The summed E-state index contributed by atoms with van der Waals surface area (Å²) in [5.41, 5.74) is 3.07. The first-order chi connectivity index (χ1) is 14.4. The maximum absolute atomic E-state index is 12.6. The van der Waals surface area contributed by atoms with Crippen molar-refractivity contribution < 1.29 is 14.0 Å². The van der Waals surface area contributed by atoms with Gasteiger partial charge < -0.3 is 14.6 Å². The number of benzene rings is 1. The van der Waals surface area contributed by atoms with Gasteiger partial charge in [-0.3, -0.25) is 9.59 Å². The van der Waals surface area contributed by atoms with Gasteiger partial charge in [0.05, 0.1) is 28.4 Å². The molecule has 1 aliphatic heterocycles. The lowest BCUT2D eigenvalue weighted by molar-refractivity contribution is 0.0667. The highest BCUT2D eigenvalue weighted by Gasteiger charge is 2.26. The van der Waals surface area contributed by atoms with Crippen molar-refractivity contribution in [2.24, 2.45) is 0 Å². The van der Waals surface area contributed by atoms with Crippen LogP contribution in [0.1, 0.15) is 45.1 Å². The second-order valence-corrected chi connectivity index (χ2v) is 7.84. The molecule has 0 bridgehead atoms. The summed E-state index contributed by atoms with van der Waals surface area (Å²) in [5, 5.41) is 8.15. The number of furan rings is 1. The minimum Gasteiger partial charge on any atom is -0.459 e. The summed E-state index contributed by atoms with van der Waals surface area (Å²) in [5.74, 6) is 0.120. The second-order valence-electron chi connectivity index (χ2n) is 7.46. The van der Waals surface area contributed by atoms with E-state index in [-0.39, 0.29) is 17.9 Å². The monoisotopic (exact) mass is 426 g/mol. The third kappa shape index (κ3) is 3.98. The Morgan fingerprint density at radius 2 is 1.83 bits per heavy atom. The Kier molecular flexibility index (Phi) is 5.63. The minimum absolute atomic E-state index is 0.0349. The van der Waals surface area contributed by atoms with Gasteiger partial charge >= 0.3 is 0 Å². The number of nitrogens with zero attached hydrogens (tertiary/aromatic N) is 3. The van der Waals surface area contributed by atoms with E-state index in [9.17, 15) is 9.59 Å². The summed E-state index contributed by atoms with van der Waals surface area (Å²) in [6, 6.07) is 10.7. The summed E-state index contributed by atoms with van der Waals surface area (Å²) in [6.45, 7) is 4.94. The van der Waals surface area contributed by atoms with Crippen LogP contribution in [0.15, 0.2) is 47.1 Å². The molecule has 3 aromatic rings. The molecule has 1 aliphatic rings. The van der Waals surface area contributed by atoms with E-state index in [0.717, 1.165) is 17.1 Å². The molecule has 1 N–H and O–H groups in total. The number of rotatable bonds is 4. The number of carbonyl (C=O) groups excluding carboxylic acids is 2. The summed E-state index contributed by atoms with van der Waals surface area (Å²) in [4.78, 5) is 26.7. The molecular weight excluding hydrogens is 404 g/mol. The molecule has 1 fully saturated rings. The lowest BCUT2D eigenvalue weighted by Crippen LogP contribution is -2.46. The number of halogens is 1. The average molecular weight is 427 g/mol. The van der Waals surface area contributed by atoms with Gasteiger partial charge in [-0.2, -0.15) is 5.10 Å². The van der Waals surface area contributed by atoms with E-state index in [4.69, 9.17) is 16.0 Å². The summed E-state index contributed by atoms with van der Waals surface area (Å²) in [7, 11) is 0. The number of aromatic nitrogens is 2. The Labute approximate surface area is 179 Å². The van der Waals surface area contributed by atoms with Crippen molar-refractivity contribution in [3.63, 3.8) is 0 Å². The highest BCUT2D eigenvalue weighted by atomic mass is 35.5. The maximum atomic E-state index is 12.6. The Balaban J connectivity index is 1.34. The smallest absolute Gasteiger partial charge is 0.289 e. The van der Waals surface area contributed by atoms with Crippen LogP contribution >= 0.6 is 11.6 Å². The number of hydrogen-bond donors (Lipinski definition) is 1. The van der Waals surface area contributed by atoms with Gasteiger partial charge in [-0.1, -0.05) is 11.6 Å². The summed E-state index contributed by atoms with van der Waals surface area (Å²) < 4.78 is 6.95. The molecule has 2 amide bonds. The molecule has 4 rings (SSSR count). The first-order valence-electron chi connectivity index (χ1n) is 9.90. The fourth-order valence-corrected chi connectivity index (χ4v) is 3.80. The van der Waals surface area contributed by atoms with E-state index in [1.807, 2.05) is 26.0 Å². The van der Waals surface area contributed by atoms with Gasteiger partial charge in [0.15, 0.2) is 5.76 Å². The van der Waals surface area contributed by atoms with Crippen LogP contribution in [-0.2, 0) is 0 Å². The number of hydrogen-bond acceptors (Lipinski definition) is 4. The second kappa shape index (κ2) is 8.36. The molecule has 30 heavy (non-hydrogen) atoms. The molecule has 0 spiro atoms. The average Bonchev–Trinajstić information content (AvgIpc) is 3.39. The highest BCUT2D eigenvalue weighted by molar-refractivity contribution is 6.31. The van der Waals surface area contributed by atoms with Crippen molar-refractivity contribution in [1.82, 2.24) is 20.0 Å². The molecule has 0 aliphatic carbocycles. The van der Waals surface area contributed by atoms with Gasteiger partial charge in [0.2, 0.25) is 0 Å². The Morgan fingerprint density at radius 3 is 2.40 bits per heavy atom. The lowest BCUT2D eigenvalue weighted by atomic mass is 10.0. The zero-order valence-corrected chi connectivity index (χ0v) is 17.6. The van der Waals surface area contributed by atoms with Crippen molar-refractivity contribution in [2.45, 2.75) is 32.7 Å².